The molecule has 1 saturated carbocycles. The first-order valence-electron chi connectivity index (χ1n) is 7.33. The second-order valence-corrected chi connectivity index (χ2v) is 6.42. The van der Waals surface area contributed by atoms with Crippen LogP contribution >= 0.6 is 11.3 Å². The van der Waals surface area contributed by atoms with Gasteiger partial charge in [-0.25, -0.2) is 4.98 Å². The van der Waals surface area contributed by atoms with Crippen LogP contribution in [0.5, 0.6) is 0 Å². The number of aromatic nitrogens is 2. The van der Waals surface area contributed by atoms with Crippen LogP contribution in [0.4, 0.5) is 0 Å². The van der Waals surface area contributed by atoms with Gasteiger partial charge in [-0.05, 0) is 44.2 Å². The highest BCUT2D eigenvalue weighted by Gasteiger charge is 2.35. The number of carbonyl (C=O) groups excluding carboxylic acids is 1. The molecule has 110 valence electrons. The number of aryl methyl sites for hydroxylation is 2. The minimum Gasteiger partial charge on any atom is -0.347 e. The molecular formula is C16H19N3OS. The molecule has 1 aliphatic carbocycles. The largest absolute Gasteiger partial charge is 0.347 e. The molecule has 0 spiro atoms. The third kappa shape index (κ3) is 3.88. The molecule has 21 heavy (non-hydrogen) atoms. The molecule has 0 saturated heterocycles. The van der Waals surface area contributed by atoms with Gasteiger partial charge < -0.3 is 5.32 Å². The van der Waals surface area contributed by atoms with E-state index in [4.69, 9.17) is 0 Å². The summed E-state index contributed by atoms with van der Waals surface area (Å²) in [5.41, 5.74) is 1.99. The number of pyridine rings is 1. The van der Waals surface area contributed by atoms with Crippen molar-refractivity contribution in [1.82, 2.24) is 15.3 Å². The summed E-state index contributed by atoms with van der Waals surface area (Å²) >= 11 is 1.64. The van der Waals surface area contributed by atoms with Crippen molar-refractivity contribution in [3.05, 3.63) is 46.2 Å². The fourth-order valence-electron chi connectivity index (χ4n) is 2.36. The highest BCUT2D eigenvalue weighted by molar-refractivity contribution is 7.09. The number of rotatable bonds is 6. The van der Waals surface area contributed by atoms with Gasteiger partial charge in [0.05, 0.1) is 6.04 Å². The Morgan fingerprint density at radius 2 is 2.33 bits per heavy atom. The van der Waals surface area contributed by atoms with Gasteiger partial charge in [0.15, 0.2) is 0 Å². The fourth-order valence-corrected chi connectivity index (χ4v) is 3.30. The Bertz CT molecular complexity index is 607. The maximum absolute atomic E-state index is 12.2. The maximum Gasteiger partial charge on any atom is 0.220 e. The van der Waals surface area contributed by atoms with Crippen molar-refractivity contribution >= 4 is 17.2 Å². The minimum atomic E-state index is 0.0883. The number of hydrogen-bond acceptors (Lipinski definition) is 4. The fraction of sp³-hybridized carbons (Fsp3) is 0.438. The van der Waals surface area contributed by atoms with E-state index in [1.807, 2.05) is 30.5 Å². The Balaban J connectivity index is 1.57. The number of nitrogens with one attached hydrogen (secondary N) is 1. The Hall–Kier alpha value is -1.75. The third-order valence-electron chi connectivity index (χ3n) is 3.65. The molecule has 1 fully saturated rings. The van der Waals surface area contributed by atoms with E-state index >= 15 is 0 Å². The maximum atomic E-state index is 12.2. The van der Waals surface area contributed by atoms with Crippen molar-refractivity contribution in [3.63, 3.8) is 0 Å². The summed E-state index contributed by atoms with van der Waals surface area (Å²) in [6, 6.07) is 5.89. The summed E-state index contributed by atoms with van der Waals surface area (Å²) in [6.07, 6.45) is 5.29. The average molecular weight is 301 g/mol. The Morgan fingerprint density at radius 3 is 2.95 bits per heavy atom. The monoisotopic (exact) mass is 301 g/mol. The second-order valence-electron chi connectivity index (χ2n) is 5.53. The second kappa shape index (κ2) is 6.35. The van der Waals surface area contributed by atoms with Crippen molar-refractivity contribution < 1.29 is 4.79 Å². The zero-order valence-electron chi connectivity index (χ0n) is 12.1. The van der Waals surface area contributed by atoms with Crippen LogP contribution in [0.2, 0.25) is 0 Å². The summed E-state index contributed by atoms with van der Waals surface area (Å²) in [5.74, 6) is 0.653. The first-order valence-corrected chi connectivity index (χ1v) is 8.21. The van der Waals surface area contributed by atoms with Gasteiger partial charge >= 0.3 is 0 Å². The molecule has 0 aromatic carbocycles. The van der Waals surface area contributed by atoms with Gasteiger partial charge in [-0.1, -0.05) is 6.07 Å². The highest BCUT2D eigenvalue weighted by Crippen LogP contribution is 2.41. The van der Waals surface area contributed by atoms with Gasteiger partial charge in [0, 0.05) is 29.4 Å². The Morgan fingerprint density at radius 1 is 1.48 bits per heavy atom. The standard InChI is InChI=1S/C16H19N3OS/c1-11-10-21-16(18-11)15(12-5-6-12)19-14(20)8-7-13-4-2-3-9-17-13/h2-4,9-10,12,15H,5-8H2,1H3,(H,19,20)/t15-/m0/s1. The third-order valence-corrected chi connectivity index (χ3v) is 4.69. The quantitative estimate of drug-likeness (QED) is 0.892. The molecule has 1 atom stereocenters. The molecule has 4 nitrogen and oxygen atoms in total. The van der Waals surface area contributed by atoms with Crippen molar-refractivity contribution in [2.75, 3.05) is 0 Å². The number of amides is 1. The van der Waals surface area contributed by atoms with Crippen LogP contribution in [-0.2, 0) is 11.2 Å². The number of hydrogen-bond donors (Lipinski definition) is 1. The number of nitrogens with zero attached hydrogens (tertiary/aromatic N) is 2. The van der Waals surface area contributed by atoms with Crippen LogP contribution in [0.25, 0.3) is 0 Å². The lowest BCUT2D eigenvalue weighted by atomic mass is 10.1. The molecule has 1 aliphatic rings. The van der Waals surface area contributed by atoms with Crippen LogP contribution in [-0.4, -0.2) is 15.9 Å². The molecular weight excluding hydrogens is 282 g/mol. The molecule has 0 radical (unpaired) electrons. The number of thiazole rings is 1. The summed E-state index contributed by atoms with van der Waals surface area (Å²) in [7, 11) is 0. The van der Waals surface area contributed by atoms with E-state index in [-0.39, 0.29) is 11.9 Å². The first-order chi connectivity index (χ1) is 10.2. The molecule has 2 aromatic heterocycles. The number of carbonyl (C=O) groups is 1. The molecule has 1 amide bonds. The smallest absolute Gasteiger partial charge is 0.220 e. The van der Waals surface area contributed by atoms with Gasteiger partial charge in [0.1, 0.15) is 5.01 Å². The Labute approximate surface area is 128 Å². The predicted molar refractivity (Wildman–Crippen MR) is 83.0 cm³/mol. The van der Waals surface area contributed by atoms with Gasteiger partial charge in [0.25, 0.3) is 0 Å². The lowest BCUT2D eigenvalue weighted by Crippen LogP contribution is -2.30. The van der Waals surface area contributed by atoms with E-state index in [1.54, 1.807) is 17.5 Å². The summed E-state index contributed by atoms with van der Waals surface area (Å²) in [6.45, 7) is 1.99. The Kier molecular flexibility index (Phi) is 4.29. The van der Waals surface area contributed by atoms with Gasteiger partial charge in [-0.3, -0.25) is 9.78 Å². The molecule has 1 N–H and O–H groups in total. The van der Waals surface area contributed by atoms with Crippen LogP contribution in [0.3, 0.4) is 0 Å². The molecule has 0 unspecified atom stereocenters. The van der Waals surface area contributed by atoms with Crippen LogP contribution in [0.1, 0.15) is 41.7 Å². The van der Waals surface area contributed by atoms with Gasteiger partial charge in [-0.15, -0.1) is 11.3 Å². The van der Waals surface area contributed by atoms with Gasteiger partial charge in [-0.2, -0.15) is 0 Å². The zero-order valence-corrected chi connectivity index (χ0v) is 12.9. The molecule has 5 heteroatoms. The molecule has 3 rings (SSSR count). The van der Waals surface area contributed by atoms with Crippen molar-refractivity contribution in [2.45, 2.75) is 38.6 Å². The summed E-state index contributed by atoms with van der Waals surface area (Å²) in [4.78, 5) is 21.0. The predicted octanol–water partition coefficient (Wildman–Crippen LogP) is 3.05. The van der Waals surface area contributed by atoms with Crippen LogP contribution in [0, 0.1) is 12.8 Å². The first kappa shape index (κ1) is 14.2. The summed E-state index contributed by atoms with van der Waals surface area (Å²) in [5, 5.41) is 6.25. The van der Waals surface area contributed by atoms with E-state index in [2.05, 4.69) is 15.3 Å². The van der Waals surface area contributed by atoms with E-state index in [0.717, 1.165) is 16.4 Å². The van der Waals surface area contributed by atoms with E-state index in [1.165, 1.54) is 12.8 Å². The lowest BCUT2D eigenvalue weighted by Gasteiger charge is -2.15. The average Bonchev–Trinajstić information content (AvgIpc) is 3.25. The highest BCUT2D eigenvalue weighted by atomic mass is 32.1. The van der Waals surface area contributed by atoms with Crippen molar-refractivity contribution in [1.29, 1.82) is 0 Å². The van der Waals surface area contributed by atoms with Crippen LogP contribution in [0.15, 0.2) is 29.8 Å². The van der Waals surface area contributed by atoms with E-state index in [0.29, 0.717) is 18.8 Å². The topological polar surface area (TPSA) is 54.9 Å². The molecule has 2 aromatic rings. The van der Waals surface area contributed by atoms with E-state index in [9.17, 15) is 4.79 Å². The van der Waals surface area contributed by atoms with Gasteiger partial charge in [0.2, 0.25) is 5.91 Å². The van der Waals surface area contributed by atoms with Crippen LogP contribution < -0.4 is 5.32 Å². The van der Waals surface area contributed by atoms with E-state index < -0.39 is 0 Å². The normalized spacial score (nSPS) is 15.7. The van der Waals surface area contributed by atoms with Crippen molar-refractivity contribution in [3.8, 4) is 0 Å². The lowest BCUT2D eigenvalue weighted by molar-refractivity contribution is -0.122. The summed E-state index contributed by atoms with van der Waals surface area (Å²) < 4.78 is 0. The van der Waals surface area contributed by atoms with Crippen molar-refractivity contribution in [2.24, 2.45) is 5.92 Å². The molecule has 0 aliphatic heterocycles. The minimum absolute atomic E-state index is 0.0883. The molecule has 2 heterocycles. The molecule has 0 bridgehead atoms. The zero-order chi connectivity index (χ0) is 14.7. The SMILES string of the molecule is Cc1csc([C@@H](NC(=O)CCc2ccccn2)C2CC2)n1.